The Morgan fingerprint density at radius 3 is 2.85 bits per heavy atom. The number of aromatic nitrogens is 3. The van der Waals surface area contributed by atoms with Gasteiger partial charge in [0.2, 0.25) is 0 Å². The van der Waals surface area contributed by atoms with Crippen LogP contribution in [0.1, 0.15) is 50.3 Å². The average Bonchev–Trinajstić information content (AvgIpc) is 3.75. The van der Waals surface area contributed by atoms with Crippen LogP contribution in [0.5, 0.6) is 11.8 Å². The van der Waals surface area contributed by atoms with Crippen LogP contribution in [0.15, 0.2) is 35.6 Å². The summed E-state index contributed by atoms with van der Waals surface area (Å²) in [6.45, 7) is 6.57. The third kappa shape index (κ3) is 5.39. The van der Waals surface area contributed by atoms with Gasteiger partial charge >= 0.3 is 6.01 Å². The van der Waals surface area contributed by atoms with E-state index in [0.717, 1.165) is 42.0 Å². The fourth-order valence-electron chi connectivity index (χ4n) is 7.80. The molecule has 3 aromatic heterocycles. The molecule has 0 unspecified atom stereocenters. The van der Waals surface area contributed by atoms with Gasteiger partial charge in [-0.1, -0.05) is 28.9 Å². The number of oxime groups is 1. The predicted octanol–water partition coefficient (Wildman–Crippen LogP) is 6.84. The number of fused-ring (bicyclic) bond motifs is 2. The number of ether oxygens (including phenoxy) is 2. The number of anilines is 3. The van der Waals surface area contributed by atoms with Crippen molar-refractivity contribution < 1.29 is 23.1 Å². The van der Waals surface area contributed by atoms with E-state index in [1.165, 1.54) is 12.1 Å². The number of benzene rings is 2. The van der Waals surface area contributed by atoms with Gasteiger partial charge in [-0.15, -0.1) is 11.3 Å². The van der Waals surface area contributed by atoms with Gasteiger partial charge in [0.25, 0.3) is 0 Å². The zero-order valence-electron chi connectivity index (χ0n) is 28.4. The van der Waals surface area contributed by atoms with Gasteiger partial charge in [-0.25, -0.2) is 13.8 Å². The molecule has 2 atom stereocenters. The second kappa shape index (κ2) is 13.2. The topological polar surface area (TPSA) is 161 Å². The number of hydrogen-bond donors (Lipinski definition) is 2. The molecule has 0 bridgehead atoms. The minimum Gasteiger partial charge on any atom is -0.489 e. The first-order valence-electron chi connectivity index (χ1n) is 16.9. The fourth-order valence-corrected chi connectivity index (χ4v) is 9.08. The average molecular weight is 746 g/mol. The van der Waals surface area contributed by atoms with Crippen LogP contribution in [0, 0.1) is 23.0 Å². The molecule has 3 aliphatic rings. The number of pyridine rings is 1. The minimum absolute atomic E-state index is 0.0301. The van der Waals surface area contributed by atoms with Crippen molar-refractivity contribution in [2.24, 2.45) is 5.16 Å². The van der Waals surface area contributed by atoms with Crippen molar-refractivity contribution in [3.05, 3.63) is 58.2 Å². The molecular weight excluding hydrogens is 712 g/mol. The van der Waals surface area contributed by atoms with Crippen molar-refractivity contribution >= 4 is 66.3 Å². The first kappa shape index (κ1) is 34.1. The second-order valence-corrected chi connectivity index (χ2v) is 14.6. The van der Waals surface area contributed by atoms with Gasteiger partial charge in [-0.2, -0.15) is 15.2 Å². The standard InChI is InChI=1S/C36H34ClF2N9O3S/c1-3-51-46-19-14-36(9-5-11-47(36)16-19)17-50-35-44-29-26-30(49-13-12-48(34(26)45-35)18(2)20-6-4-10-43-32(20)41)27(37)25(28(29)39)21-7-8-23(38)31-24(21)22(15-40)33(42)52-31/h4,6-8,10,18H,3,5,9,11-14,16-17,42H2,1-2H3,(H2,41,43)/t18-,36+/m1/s1. The van der Waals surface area contributed by atoms with Gasteiger partial charge in [0.05, 0.1) is 44.5 Å². The van der Waals surface area contributed by atoms with Crippen molar-refractivity contribution in [2.75, 3.05) is 55.8 Å². The normalized spacial score (nSPS) is 19.8. The van der Waals surface area contributed by atoms with Crippen molar-refractivity contribution in [3.63, 3.8) is 0 Å². The van der Waals surface area contributed by atoms with Crippen LogP contribution >= 0.6 is 22.9 Å². The summed E-state index contributed by atoms with van der Waals surface area (Å²) in [6, 6.07) is 7.88. The molecule has 8 rings (SSSR count). The van der Waals surface area contributed by atoms with Crippen molar-refractivity contribution in [1.29, 1.82) is 5.26 Å². The number of nitrogens with zero attached hydrogens (tertiary/aromatic N) is 7. The van der Waals surface area contributed by atoms with Crippen LogP contribution in [0.3, 0.4) is 0 Å². The van der Waals surface area contributed by atoms with Gasteiger partial charge in [0.15, 0.2) is 11.6 Å². The zero-order valence-corrected chi connectivity index (χ0v) is 30.0. The number of thiophene rings is 1. The third-order valence-electron chi connectivity index (χ3n) is 10.2. The number of halogens is 3. The number of hydrogen-bond acceptors (Lipinski definition) is 13. The predicted molar refractivity (Wildman–Crippen MR) is 197 cm³/mol. The molecule has 52 heavy (non-hydrogen) atoms. The zero-order chi connectivity index (χ0) is 36.3. The Morgan fingerprint density at radius 1 is 1.21 bits per heavy atom. The van der Waals surface area contributed by atoms with Gasteiger partial charge in [-0.3, -0.25) is 4.90 Å². The van der Waals surface area contributed by atoms with Gasteiger partial charge in [-0.05, 0) is 50.9 Å². The summed E-state index contributed by atoms with van der Waals surface area (Å²) in [4.78, 5) is 23.5. The maximum absolute atomic E-state index is 17.4. The molecule has 0 amide bonds. The summed E-state index contributed by atoms with van der Waals surface area (Å²) >= 11 is 7.99. The van der Waals surface area contributed by atoms with E-state index in [1.807, 2.05) is 30.9 Å². The molecule has 0 spiro atoms. The number of nitrogen functional groups attached to an aromatic ring is 2. The van der Waals surface area contributed by atoms with Crippen LogP contribution in [0.4, 0.5) is 25.4 Å². The summed E-state index contributed by atoms with van der Waals surface area (Å²) < 4.78 is 45.3. The summed E-state index contributed by atoms with van der Waals surface area (Å²) in [7, 11) is 0. The highest BCUT2D eigenvalue weighted by molar-refractivity contribution is 7.23. The Morgan fingerprint density at radius 2 is 2.06 bits per heavy atom. The van der Waals surface area contributed by atoms with Crippen molar-refractivity contribution in [2.45, 2.75) is 44.7 Å². The van der Waals surface area contributed by atoms with E-state index in [-0.39, 0.29) is 84.3 Å². The lowest BCUT2D eigenvalue weighted by atomic mass is 9.95. The van der Waals surface area contributed by atoms with E-state index in [0.29, 0.717) is 37.8 Å². The molecule has 2 saturated heterocycles. The first-order valence-corrected chi connectivity index (χ1v) is 18.1. The van der Waals surface area contributed by atoms with Crippen LogP contribution < -0.4 is 25.8 Å². The Kier molecular flexibility index (Phi) is 8.63. The van der Waals surface area contributed by atoms with Crippen molar-refractivity contribution in [3.8, 4) is 29.0 Å². The highest BCUT2D eigenvalue weighted by Gasteiger charge is 2.48. The van der Waals surface area contributed by atoms with E-state index in [1.54, 1.807) is 12.3 Å². The smallest absolute Gasteiger partial charge is 0.319 e. The van der Waals surface area contributed by atoms with Crippen LogP contribution in [0.2, 0.25) is 5.02 Å². The van der Waals surface area contributed by atoms with E-state index in [4.69, 9.17) is 42.4 Å². The molecule has 268 valence electrons. The number of nitrogens with two attached hydrogens (primary N) is 2. The van der Waals surface area contributed by atoms with E-state index in [9.17, 15) is 5.26 Å². The van der Waals surface area contributed by atoms with Crippen molar-refractivity contribution in [1.82, 2.24) is 19.9 Å². The van der Waals surface area contributed by atoms with Gasteiger partial charge in [0.1, 0.15) is 53.9 Å². The third-order valence-corrected chi connectivity index (χ3v) is 11.6. The summed E-state index contributed by atoms with van der Waals surface area (Å²) in [5.74, 6) is -0.578. The molecule has 0 aliphatic carbocycles. The second-order valence-electron chi connectivity index (χ2n) is 13.1. The highest BCUT2D eigenvalue weighted by Crippen LogP contribution is 2.51. The Labute approximate surface area is 306 Å². The van der Waals surface area contributed by atoms with Gasteiger partial charge < -0.3 is 30.7 Å². The fraction of sp³-hybridized carbons (Fsp3) is 0.361. The van der Waals surface area contributed by atoms with Crippen LogP contribution in [0.25, 0.3) is 32.1 Å². The minimum atomic E-state index is -0.814. The molecule has 4 N–H and O–H groups in total. The largest absolute Gasteiger partial charge is 0.489 e. The SMILES string of the molecule is CCON=C1CN2CCC[C@@]2(COc2nc3c4c(c(Cl)c(-c5ccc(F)c6sc(N)c(C#N)c56)c(F)c4n2)OCCN3[C@H](C)c2cccnc2N)C1. The quantitative estimate of drug-likeness (QED) is 0.160. The highest BCUT2D eigenvalue weighted by atomic mass is 35.5. The number of nitriles is 1. The molecule has 3 aliphatic heterocycles. The summed E-state index contributed by atoms with van der Waals surface area (Å²) in [5.41, 5.74) is 13.8. The first-order chi connectivity index (χ1) is 25.2. The molecular formula is C36H34ClF2N9O3S. The lowest BCUT2D eigenvalue weighted by Gasteiger charge is -2.32. The number of rotatable bonds is 8. The maximum Gasteiger partial charge on any atom is 0.319 e. The van der Waals surface area contributed by atoms with Crippen LogP contribution in [-0.4, -0.2) is 70.6 Å². The molecule has 12 nitrogen and oxygen atoms in total. The molecule has 16 heteroatoms. The Bertz CT molecular complexity index is 2330. The maximum atomic E-state index is 17.4. The molecule has 5 aromatic rings. The van der Waals surface area contributed by atoms with E-state index in [2.05, 4.69) is 20.0 Å². The monoisotopic (exact) mass is 745 g/mol. The van der Waals surface area contributed by atoms with E-state index >= 15 is 8.78 Å². The van der Waals surface area contributed by atoms with Gasteiger partial charge in [0, 0.05) is 35.7 Å². The molecule has 6 heterocycles. The lowest BCUT2D eigenvalue weighted by Crippen LogP contribution is -2.43. The Balaban J connectivity index is 1.32. The lowest BCUT2D eigenvalue weighted by molar-refractivity contribution is 0.108. The molecule has 2 fully saturated rings. The Hall–Kier alpha value is -5.04. The van der Waals surface area contributed by atoms with Crippen LogP contribution in [-0.2, 0) is 4.84 Å². The summed E-state index contributed by atoms with van der Waals surface area (Å²) in [6.07, 6.45) is 4.14. The van der Waals surface area contributed by atoms with E-state index < -0.39 is 11.6 Å². The molecule has 2 aromatic carbocycles. The molecule has 0 radical (unpaired) electrons. The summed E-state index contributed by atoms with van der Waals surface area (Å²) in [5, 5.41) is 14.7. The molecule has 0 saturated carbocycles.